The van der Waals surface area contributed by atoms with Gasteiger partial charge in [-0.2, -0.15) is 0 Å². The van der Waals surface area contributed by atoms with Crippen molar-refractivity contribution in [2.24, 2.45) is 0 Å². The summed E-state index contributed by atoms with van der Waals surface area (Å²) in [6, 6.07) is 32.6. The average Bonchev–Trinajstić information content (AvgIpc) is 2.75. The van der Waals surface area contributed by atoms with E-state index in [2.05, 4.69) is 101 Å². The zero-order chi connectivity index (χ0) is 17.7. The van der Waals surface area contributed by atoms with Crippen LogP contribution in [0, 0.1) is 0 Å². The Bertz CT molecular complexity index is 852. The maximum atomic E-state index is 4.61. The van der Waals surface area contributed by atoms with Crippen molar-refractivity contribution >= 4 is 35.6 Å². The molecule has 0 aliphatic heterocycles. The van der Waals surface area contributed by atoms with Crippen LogP contribution in [0.1, 0.15) is 5.69 Å². The van der Waals surface area contributed by atoms with Crippen LogP contribution < -0.4 is 15.9 Å². The van der Waals surface area contributed by atoms with Gasteiger partial charge in [0.15, 0.2) is 0 Å². The lowest BCUT2D eigenvalue weighted by Gasteiger charge is -2.27. The molecule has 134 valence electrons. The van der Waals surface area contributed by atoms with Gasteiger partial charge in [-0.1, -0.05) is 54.6 Å². The molecule has 4 heteroatoms. The summed E-state index contributed by atoms with van der Waals surface area (Å²) in [6.45, 7) is 0. The number of nitrogens with zero attached hydrogens (tertiary/aromatic N) is 2. The summed E-state index contributed by atoms with van der Waals surface area (Å²) in [5.74, 6) is 0. The highest BCUT2D eigenvalue weighted by Crippen LogP contribution is 2.57. The molecule has 0 amide bonds. The van der Waals surface area contributed by atoms with Crippen LogP contribution >= 0.6 is 19.7 Å². The third-order valence-corrected chi connectivity index (χ3v) is 8.94. The van der Waals surface area contributed by atoms with Crippen LogP contribution in [-0.4, -0.2) is 9.97 Å². The van der Waals surface area contributed by atoms with Crippen LogP contribution in [0.25, 0.3) is 0 Å². The first-order valence-corrected chi connectivity index (χ1v) is 10.7. The van der Waals surface area contributed by atoms with E-state index < -0.39 is 7.26 Å². The summed E-state index contributed by atoms with van der Waals surface area (Å²) in [6.07, 6.45) is 6.27. The molecule has 2 nitrogen and oxygen atoms in total. The largest absolute Gasteiger partial charge is 0.261 e. The molecular formula is C23H21ClN2P+. The van der Waals surface area contributed by atoms with Crippen molar-refractivity contribution in [3.63, 3.8) is 0 Å². The second-order valence-corrected chi connectivity index (χ2v) is 9.66. The van der Waals surface area contributed by atoms with E-state index in [0.29, 0.717) is 0 Å². The van der Waals surface area contributed by atoms with E-state index >= 15 is 0 Å². The van der Waals surface area contributed by atoms with Crippen LogP contribution in [0.15, 0.2) is 110 Å². The number of aromatic nitrogens is 2. The lowest BCUT2D eigenvalue weighted by atomic mass is 10.4. The molecule has 0 spiro atoms. The summed E-state index contributed by atoms with van der Waals surface area (Å²) >= 11 is 0. The van der Waals surface area contributed by atoms with Gasteiger partial charge >= 0.3 is 0 Å². The summed E-state index contributed by atoms with van der Waals surface area (Å²) in [5.41, 5.74) is 1.03. The zero-order valence-corrected chi connectivity index (χ0v) is 16.6. The Balaban J connectivity index is 0.00000210. The van der Waals surface area contributed by atoms with Crippen LogP contribution in [-0.2, 0) is 6.16 Å². The molecule has 0 atom stereocenters. The van der Waals surface area contributed by atoms with Crippen LogP contribution in [0.2, 0.25) is 0 Å². The Morgan fingerprint density at radius 1 is 0.593 bits per heavy atom. The Labute approximate surface area is 167 Å². The van der Waals surface area contributed by atoms with Gasteiger partial charge < -0.3 is 0 Å². The summed E-state index contributed by atoms with van der Waals surface area (Å²) < 4.78 is 0. The molecule has 0 aliphatic carbocycles. The lowest BCUT2D eigenvalue weighted by molar-refractivity contribution is 1.09. The van der Waals surface area contributed by atoms with Gasteiger partial charge in [-0.05, 0) is 36.4 Å². The number of rotatable bonds is 5. The van der Waals surface area contributed by atoms with Gasteiger partial charge in [-0.25, -0.2) is 0 Å². The minimum Gasteiger partial charge on any atom is -0.261 e. The predicted molar refractivity (Wildman–Crippen MR) is 118 cm³/mol. The van der Waals surface area contributed by atoms with Crippen molar-refractivity contribution in [3.05, 3.63) is 115 Å². The quantitative estimate of drug-likeness (QED) is 0.471. The van der Waals surface area contributed by atoms with Gasteiger partial charge in [-0.3, -0.25) is 9.97 Å². The van der Waals surface area contributed by atoms with Gasteiger partial charge in [-0.15, -0.1) is 12.4 Å². The Hall–Kier alpha value is -2.54. The molecule has 1 heterocycles. The first-order chi connectivity index (χ1) is 12.9. The van der Waals surface area contributed by atoms with E-state index in [1.54, 1.807) is 12.4 Å². The van der Waals surface area contributed by atoms with E-state index in [1.807, 2.05) is 6.20 Å². The van der Waals surface area contributed by atoms with Crippen molar-refractivity contribution in [3.8, 4) is 0 Å². The van der Waals surface area contributed by atoms with Gasteiger partial charge in [0.1, 0.15) is 29.3 Å². The lowest BCUT2D eigenvalue weighted by Crippen LogP contribution is -2.32. The fourth-order valence-corrected chi connectivity index (χ4v) is 7.56. The van der Waals surface area contributed by atoms with E-state index in [0.717, 1.165) is 11.9 Å². The van der Waals surface area contributed by atoms with E-state index in [1.165, 1.54) is 15.9 Å². The highest BCUT2D eigenvalue weighted by molar-refractivity contribution is 7.95. The molecule has 0 saturated carbocycles. The molecule has 4 aromatic rings. The predicted octanol–water partition coefficient (Wildman–Crippen LogP) is 4.39. The molecule has 0 saturated heterocycles. The second-order valence-electron chi connectivity index (χ2n) is 6.17. The first kappa shape index (κ1) is 19.2. The van der Waals surface area contributed by atoms with E-state index in [9.17, 15) is 0 Å². The van der Waals surface area contributed by atoms with Gasteiger partial charge in [0, 0.05) is 12.4 Å². The highest BCUT2D eigenvalue weighted by Gasteiger charge is 2.45. The monoisotopic (exact) mass is 391 g/mol. The number of hydrogen-bond donors (Lipinski definition) is 0. The van der Waals surface area contributed by atoms with Crippen LogP contribution in [0.5, 0.6) is 0 Å². The molecular weight excluding hydrogens is 371 g/mol. The fourth-order valence-electron chi connectivity index (χ4n) is 3.42. The van der Waals surface area contributed by atoms with Gasteiger partial charge in [0.25, 0.3) is 0 Å². The maximum Gasteiger partial charge on any atom is 0.118 e. The Kier molecular flexibility index (Phi) is 6.34. The topological polar surface area (TPSA) is 25.8 Å². The molecule has 3 aromatic carbocycles. The number of halogens is 1. The highest BCUT2D eigenvalue weighted by atomic mass is 35.5. The molecule has 27 heavy (non-hydrogen) atoms. The maximum absolute atomic E-state index is 4.61. The van der Waals surface area contributed by atoms with Crippen molar-refractivity contribution in [2.45, 2.75) is 6.16 Å². The Morgan fingerprint density at radius 3 is 1.41 bits per heavy atom. The molecule has 0 aliphatic rings. The van der Waals surface area contributed by atoms with Crippen LogP contribution in [0.4, 0.5) is 0 Å². The van der Waals surface area contributed by atoms with Gasteiger partial charge in [0.2, 0.25) is 0 Å². The summed E-state index contributed by atoms with van der Waals surface area (Å²) in [5, 5.41) is 4.09. The van der Waals surface area contributed by atoms with Crippen molar-refractivity contribution in [1.82, 2.24) is 9.97 Å². The first-order valence-electron chi connectivity index (χ1n) is 8.69. The number of benzene rings is 3. The zero-order valence-electron chi connectivity index (χ0n) is 14.8. The van der Waals surface area contributed by atoms with Gasteiger partial charge in [0.05, 0.1) is 11.9 Å². The summed E-state index contributed by atoms with van der Waals surface area (Å²) in [7, 11) is -1.88. The average molecular weight is 392 g/mol. The van der Waals surface area contributed by atoms with E-state index in [4.69, 9.17) is 0 Å². The molecule has 0 fully saturated rings. The molecule has 0 unspecified atom stereocenters. The van der Waals surface area contributed by atoms with Crippen molar-refractivity contribution in [1.29, 1.82) is 0 Å². The smallest absolute Gasteiger partial charge is 0.118 e. The molecule has 0 bridgehead atoms. The molecule has 0 radical (unpaired) electrons. The molecule has 4 rings (SSSR count). The molecule has 0 N–H and O–H groups in total. The van der Waals surface area contributed by atoms with Crippen LogP contribution in [0.3, 0.4) is 0 Å². The SMILES string of the molecule is Cl.c1ccc([P+](Cc2cnccn2)(c2ccccc2)c2ccccc2)cc1. The molecule has 1 aromatic heterocycles. The third-order valence-electron chi connectivity index (χ3n) is 4.61. The normalized spacial score (nSPS) is 10.8. The third kappa shape index (κ3) is 3.93. The second kappa shape index (κ2) is 8.90. The summed E-state index contributed by atoms with van der Waals surface area (Å²) in [4.78, 5) is 8.91. The minimum atomic E-state index is -1.88. The Morgan fingerprint density at radius 2 is 1.04 bits per heavy atom. The van der Waals surface area contributed by atoms with E-state index in [-0.39, 0.29) is 12.4 Å². The fraction of sp³-hybridized carbons (Fsp3) is 0.0435. The number of hydrogen-bond acceptors (Lipinski definition) is 2. The standard InChI is InChI=1S/C23H20N2P.ClH/c1-4-10-21(11-5-1)26(22-12-6-2-7-13-22,23-14-8-3-9-15-23)19-20-18-24-16-17-25-20;/h1-18H,19H2;1H/q+1;. The minimum absolute atomic E-state index is 0. The van der Waals surface area contributed by atoms with Crippen molar-refractivity contribution < 1.29 is 0 Å². The van der Waals surface area contributed by atoms with Crippen molar-refractivity contribution in [2.75, 3.05) is 0 Å².